The van der Waals surface area contributed by atoms with Crippen LogP contribution in [0.5, 0.6) is 0 Å². The molecule has 0 N–H and O–H groups in total. The van der Waals surface area contributed by atoms with Crippen LogP contribution in [0.3, 0.4) is 0 Å². The van der Waals surface area contributed by atoms with Gasteiger partial charge in [-0.25, -0.2) is 0 Å². The van der Waals surface area contributed by atoms with Crippen molar-refractivity contribution in [2.45, 2.75) is 33.4 Å². The summed E-state index contributed by atoms with van der Waals surface area (Å²) >= 11 is 0. The van der Waals surface area contributed by atoms with E-state index in [1.54, 1.807) is 12.2 Å². The van der Waals surface area contributed by atoms with Crippen molar-refractivity contribution >= 4 is 7.37 Å². The molecule has 0 aromatic heterocycles. The van der Waals surface area contributed by atoms with Crippen molar-refractivity contribution in [3.8, 4) is 0 Å². The van der Waals surface area contributed by atoms with Crippen molar-refractivity contribution in [3.05, 3.63) is 84.0 Å². The molecule has 0 fully saturated rings. The maximum Gasteiger partial charge on any atom is 0.280 e. The summed E-state index contributed by atoms with van der Waals surface area (Å²) in [4.78, 5) is 0. The largest absolute Gasteiger partial charge is 0.444 e. The molecule has 22 heavy (non-hydrogen) atoms. The molecular weight excluding hydrogens is 291 g/mol. The highest BCUT2D eigenvalue weighted by atomic mass is 31.2. The third-order valence-electron chi connectivity index (χ3n) is 3.87. The highest BCUT2D eigenvalue weighted by molar-refractivity contribution is 7.64. The van der Waals surface area contributed by atoms with E-state index in [0.717, 1.165) is 22.0 Å². The van der Waals surface area contributed by atoms with E-state index in [9.17, 15) is 4.57 Å². The van der Waals surface area contributed by atoms with E-state index in [1.807, 2.05) is 52.0 Å². The van der Waals surface area contributed by atoms with Gasteiger partial charge in [-0.05, 0) is 38.8 Å². The number of hydrogen-bond acceptors (Lipinski definition) is 2. The Balaban J connectivity index is 3.30. The predicted molar refractivity (Wildman–Crippen MR) is 97.0 cm³/mol. The zero-order valence-corrected chi connectivity index (χ0v) is 14.8. The van der Waals surface area contributed by atoms with E-state index in [0.29, 0.717) is 5.76 Å². The van der Waals surface area contributed by atoms with E-state index < -0.39 is 7.37 Å². The van der Waals surface area contributed by atoms with Gasteiger partial charge in [-0.3, -0.25) is 4.57 Å². The van der Waals surface area contributed by atoms with E-state index in [-0.39, 0.29) is 5.66 Å². The number of hydrogen-bond donors (Lipinski definition) is 0. The van der Waals surface area contributed by atoms with Crippen molar-refractivity contribution in [1.82, 2.24) is 0 Å². The van der Waals surface area contributed by atoms with Crippen molar-refractivity contribution < 1.29 is 9.09 Å². The van der Waals surface area contributed by atoms with Crippen LogP contribution in [0.2, 0.25) is 0 Å². The van der Waals surface area contributed by atoms with Gasteiger partial charge in [0.15, 0.2) is 0 Å². The standard InChI is InChI=1S/C19H25O2P/c1-8-11-12-13-14(4)16(6)22(20)17(7)19(10-3)18(9-2)15(5)21-22/h8-13,16H,2-4H2,1,5-7H3/b11-8-,13-12-. The van der Waals surface area contributed by atoms with Gasteiger partial charge in [0.1, 0.15) is 5.76 Å². The molecule has 0 radical (unpaired) electrons. The van der Waals surface area contributed by atoms with Crippen molar-refractivity contribution in [3.63, 3.8) is 0 Å². The fourth-order valence-corrected chi connectivity index (χ4v) is 4.85. The monoisotopic (exact) mass is 316 g/mol. The van der Waals surface area contributed by atoms with Crippen LogP contribution in [0.25, 0.3) is 0 Å². The Morgan fingerprint density at radius 2 is 1.77 bits per heavy atom. The van der Waals surface area contributed by atoms with Gasteiger partial charge in [-0.2, -0.15) is 0 Å². The molecule has 0 amide bonds. The van der Waals surface area contributed by atoms with Crippen LogP contribution >= 0.6 is 7.37 Å². The molecule has 1 aliphatic rings. The van der Waals surface area contributed by atoms with Crippen LogP contribution in [0.4, 0.5) is 0 Å². The summed E-state index contributed by atoms with van der Waals surface area (Å²) in [5.74, 6) is 0.621. The average Bonchev–Trinajstić information content (AvgIpc) is 2.49. The highest BCUT2D eigenvalue weighted by Crippen LogP contribution is 2.65. The molecule has 0 spiro atoms. The Hall–Kier alpha value is -1.79. The second-order valence-corrected chi connectivity index (χ2v) is 8.02. The first-order valence-corrected chi connectivity index (χ1v) is 8.97. The van der Waals surface area contributed by atoms with Gasteiger partial charge in [-0.15, -0.1) is 0 Å². The molecule has 3 heteroatoms. The van der Waals surface area contributed by atoms with Gasteiger partial charge in [0.05, 0.1) is 5.66 Å². The molecule has 0 aliphatic carbocycles. The Kier molecular flexibility index (Phi) is 6.20. The van der Waals surface area contributed by atoms with Crippen LogP contribution in [-0.4, -0.2) is 5.66 Å². The molecule has 0 saturated carbocycles. The summed E-state index contributed by atoms with van der Waals surface area (Å²) in [6, 6.07) is 0. The van der Waals surface area contributed by atoms with Crippen LogP contribution < -0.4 is 0 Å². The van der Waals surface area contributed by atoms with Crippen LogP contribution in [0, 0.1) is 0 Å². The first-order valence-electron chi connectivity index (χ1n) is 7.28. The summed E-state index contributed by atoms with van der Waals surface area (Å²) in [6.07, 6.45) is 11.0. The molecule has 2 nitrogen and oxygen atoms in total. The predicted octanol–water partition coefficient (Wildman–Crippen LogP) is 6.29. The lowest BCUT2D eigenvalue weighted by Crippen LogP contribution is -2.14. The Bertz CT molecular complexity index is 657. The van der Waals surface area contributed by atoms with Gasteiger partial charge in [0.25, 0.3) is 7.37 Å². The molecule has 0 bridgehead atoms. The van der Waals surface area contributed by atoms with E-state index in [2.05, 4.69) is 19.7 Å². The summed E-state index contributed by atoms with van der Waals surface area (Å²) in [7, 11) is -3.05. The maximum absolute atomic E-state index is 13.5. The third kappa shape index (κ3) is 3.34. The fourth-order valence-electron chi connectivity index (χ4n) is 2.40. The minimum absolute atomic E-state index is 0.301. The molecule has 1 rings (SSSR count). The quantitative estimate of drug-likeness (QED) is 0.425. The SMILES string of the molecule is C=CC1=C(C)OP(=O)(C(C)C(=C)/C=C\C=C/C)C(C)=C1C=C. The summed E-state index contributed by atoms with van der Waals surface area (Å²) < 4.78 is 19.3. The molecule has 1 aliphatic heterocycles. The lowest BCUT2D eigenvalue weighted by molar-refractivity contribution is 0.398. The van der Waals surface area contributed by atoms with Gasteiger partial charge >= 0.3 is 0 Å². The Morgan fingerprint density at radius 1 is 1.18 bits per heavy atom. The van der Waals surface area contributed by atoms with Crippen molar-refractivity contribution in [1.29, 1.82) is 0 Å². The molecule has 0 saturated heterocycles. The first kappa shape index (κ1) is 18.3. The average molecular weight is 316 g/mol. The lowest BCUT2D eigenvalue weighted by atomic mass is 10.1. The molecule has 0 aromatic rings. The van der Waals surface area contributed by atoms with Gasteiger partial charge < -0.3 is 4.52 Å². The third-order valence-corrected chi connectivity index (χ3v) is 6.94. The lowest BCUT2D eigenvalue weighted by Gasteiger charge is -2.32. The fraction of sp³-hybridized carbons (Fsp3) is 0.263. The summed E-state index contributed by atoms with van der Waals surface area (Å²) in [6.45, 7) is 19.2. The minimum atomic E-state index is -3.05. The first-order chi connectivity index (χ1) is 10.3. The second-order valence-electron chi connectivity index (χ2n) is 5.20. The molecule has 2 unspecified atom stereocenters. The summed E-state index contributed by atoms with van der Waals surface area (Å²) in [5, 5.41) is 0.719. The van der Waals surface area contributed by atoms with E-state index in [4.69, 9.17) is 4.52 Å². The smallest absolute Gasteiger partial charge is 0.280 e. The van der Waals surface area contributed by atoms with E-state index >= 15 is 0 Å². The minimum Gasteiger partial charge on any atom is -0.444 e. The highest BCUT2D eigenvalue weighted by Gasteiger charge is 2.40. The molecule has 0 aromatic carbocycles. The Morgan fingerprint density at radius 3 is 2.27 bits per heavy atom. The molecule has 1 heterocycles. The van der Waals surface area contributed by atoms with Crippen LogP contribution in [0.15, 0.2) is 84.0 Å². The van der Waals surface area contributed by atoms with Gasteiger partial charge in [0, 0.05) is 10.9 Å². The Labute approximate surface area is 134 Å². The van der Waals surface area contributed by atoms with Gasteiger partial charge in [0.2, 0.25) is 0 Å². The van der Waals surface area contributed by atoms with Crippen LogP contribution in [0.1, 0.15) is 27.7 Å². The number of rotatable bonds is 6. The second kappa shape index (κ2) is 7.47. The van der Waals surface area contributed by atoms with Gasteiger partial charge in [-0.1, -0.05) is 56.2 Å². The molecule has 2 atom stereocenters. The van der Waals surface area contributed by atoms with Crippen LogP contribution in [-0.2, 0) is 9.09 Å². The zero-order valence-electron chi connectivity index (χ0n) is 13.9. The normalized spacial score (nSPS) is 23.8. The van der Waals surface area contributed by atoms with Crippen molar-refractivity contribution in [2.24, 2.45) is 0 Å². The van der Waals surface area contributed by atoms with Crippen molar-refractivity contribution in [2.75, 3.05) is 0 Å². The zero-order chi connectivity index (χ0) is 16.9. The maximum atomic E-state index is 13.5. The topological polar surface area (TPSA) is 26.3 Å². The molecular formula is C19H25O2P. The van der Waals surface area contributed by atoms with E-state index in [1.165, 1.54) is 0 Å². The number of allylic oxidation sites excluding steroid dienone is 11. The summed E-state index contributed by atoms with van der Waals surface area (Å²) in [5.41, 5.74) is 2.17. The molecule has 118 valence electrons.